The molecule has 0 bridgehead atoms. The summed E-state index contributed by atoms with van der Waals surface area (Å²) in [4.78, 5) is 28.4. The van der Waals surface area contributed by atoms with Crippen LogP contribution in [0.5, 0.6) is 0 Å². The Balaban J connectivity index is 1.13. The van der Waals surface area contributed by atoms with Crippen LogP contribution >= 0.6 is 0 Å². The molecule has 0 atom stereocenters. The number of nitrogen functional groups attached to an aromatic ring is 1. The Morgan fingerprint density at radius 2 is 1.78 bits per heavy atom. The number of nitriles is 1. The van der Waals surface area contributed by atoms with Gasteiger partial charge in [-0.05, 0) is 60.9 Å². The number of hydrogen-bond acceptors (Lipinski definition) is 11. The van der Waals surface area contributed by atoms with Crippen molar-refractivity contribution in [2.75, 3.05) is 24.1 Å². The second-order valence-electron chi connectivity index (χ2n) is 10.8. The standard InChI is InChI=1S/C31H27F2N13/c32-31(33)45-18-38-28(43-45)23-7-8-24-30(40-23)46(29(41-24)22-2-1-12-37-27(22)35)21-5-3-19(4-6-21)17-44-14-10-20(11-15-44)39-25-9-13-36-26(16-34)42-25/h1-9,12-13,18,20,31H,10-11,14-15,17H2,(H2,35,37)(H,36,39,42). The smallest absolute Gasteiger partial charge is 0.334 e. The van der Waals surface area contributed by atoms with Crippen molar-refractivity contribution in [1.29, 1.82) is 5.26 Å². The van der Waals surface area contributed by atoms with Crippen molar-refractivity contribution < 1.29 is 8.78 Å². The fraction of sp³-hybridized carbons (Fsp3) is 0.226. The van der Waals surface area contributed by atoms with Crippen LogP contribution in [0.2, 0.25) is 0 Å². The Morgan fingerprint density at radius 1 is 0.957 bits per heavy atom. The number of pyridine rings is 2. The first-order chi connectivity index (χ1) is 22.4. The molecule has 3 N–H and O–H groups in total. The van der Waals surface area contributed by atoms with Gasteiger partial charge in [0.15, 0.2) is 17.3 Å². The van der Waals surface area contributed by atoms with E-state index in [1.807, 2.05) is 28.8 Å². The van der Waals surface area contributed by atoms with Crippen LogP contribution < -0.4 is 11.1 Å². The lowest BCUT2D eigenvalue weighted by molar-refractivity contribution is 0.0564. The molecule has 1 aliphatic heterocycles. The lowest BCUT2D eigenvalue weighted by Crippen LogP contribution is -2.38. The zero-order valence-corrected chi connectivity index (χ0v) is 24.4. The first kappa shape index (κ1) is 28.9. The number of halogens is 2. The van der Waals surface area contributed by atoms with Crippen LogP contribution in [-0.4, -0.2) is 68.3 Å². The van der Waals surface area contributed by atoms with Gasteiger partial charge >= 0.3 is 6.55 Å². The molecule has 13 nitrogen and oxygen atoms in total. The summed E-state index contributed by atoms with van der Waals surface area (Å²) in [5.74, 6) is 1.76. The van der Waals surface area contributed by atoms with E-state index in [1.165, 1.54) is 0 Å². The lowest BCUT2D eigenvalue weighted by Gasteiger charge is -2.32. The Labute approximate surface area is 261 Å². The quantitative estimate of drug-likeness (QED) is 0.247. The van der Waals surface area contributed by atoms with Crippen molar-refractivity contribution in [3.63, 3.8) is 0 Å². The van der Waals surface area contributed by atoms with Crippen molar-refractivity contribution in [2.24, 2.45) is 0 Å². The highest BCUT2D eigenvalue weighted by Crippen LogP contribution is 2.31. The van der Waals surface area contributed by atoms with Gasteiger partial charge in [-0.2, -0.15) is 18.7 Å². The number of imidazole rings is 1. The van der Waals surface area contributed by atoms with Gasteiger partial charge < -0.3 is 11.1 Å². The van der Waals surface area contributed by atoms with Crippen LogP contribution in [0, 0.1) is 11.3 Å². The van der Waals surface area contributed by atoms with Crippen LogP contribution in [0.4, 0.5) is 20.4 Å². The molecule has 6 aromatic rings. The number of nitrogens with one attached hydrogen (secondary N) is 1. The lowest BCUT2D eigenvalue weighted by atomic mass is 10.0. The summed E-state index contributed by atoms with van der Waals surface area (Å²) >= 11 is 0. The van der Waals surface area contributed by atoms with Crippen molar-refractivity contribution in [1.82, 2.24) is 49.2 Å². The van der Waals surface area contributed by atoms with Crippen molar-refractivity contribution in [3.8, 4) is 34.7 Å². The maximum absolute atomic E-state index is 13.2. The summed E-state index contributed by atoms with van der Waals surface area (Å²) < 4.78 is 28.7. The molecule has 15 heteroatoms. The minimum Gasteiger partial charge on any atom is -0.383 e. The van der Waals surface area contributed by atoms with Crippen LogP contribution in [0.25, 0.3) is 39.8 Å². The normalized spacial score (nSPS) is 14.1. The summed E-state index contributed by atoms with van der Waals surface area (Å²) in [5.41, 5.74) is 10.2. The molecule has 1 saturated heterocycles. The predicted molar refractivity (Wildman–Crippen MR) is 165 cm³/mol. The first-order valence-electron chi connectivity index (χ1n) is 14.6. The molecule has 6 heterocycles. The number of rotatable bonds is 8. The average molecular weight is 620 g/mol. The molecule has 0 radical (unpaired) electrons. The Kier molecular flexibility index (Phi) is 7.69. The Hall–Kier alpha value is -5.88. The third-order valence-corrected chi connectivity index (χ3v) is 7.82. The molecular weight excluding hydrogens is 592 g/mol. The number of hydrogen-bond donors (Lipinski definition) is 2. The third-order valence-electron chi connectivity index (χ3n) is 7.82. The number of nitrogens with zero attached hydrogens (tertiary/aromatic N) is 11. The zero-order valence-electron chi connectivity index (χ0n) is 24.4. The van der Waals surface area contributed by atoms with E-state index in [-0.39, 0.29) is 17.7 Å². The van der Waals surface area contributed by atoms with Gasteiger partial charge in [-0.25, -0.2) is 29.9 Å². The van der Waals surface area contributed by atoms with Crippen molar-refractivity contribution in [2.45, 2.75) is 32.0 Å². The summed E-state index contributed by atoms with van der Waals surface area (Å²) in [7, 11) is 0. The molecule has 0 unspecified atom stereocenters. The molecule has 0 saturated carbocycles. The molecule has 5 aromatic heterocycles. The summed E-state index contributed by atoms with van der Waals surface area (Å²) in [6.45, 7) is -0.199. The Bertz CT molecular complexity index is 2040. The van der Waals surface area contributed by atoms with Gasteiger partial charge in [0.25, 0.3) is 0 Å². The van der Waals surface area contributed by atoms with E-state index in [0.29, 0.717) is 44.6 Å². The number of nitrogens with two attached hydrogens (primary N) is 1. The highest BCUT2D eigenvalue weighted by Gasteiger charge is 2.22. The van der Waals surface area contributed by atoms with E-state index >= 15 is 0 Å². The molecule has 1 aliphatic rings. The largest absolute Gasteiger partial charge is 0.383 e. The summed E-state index contributed by atoms with van der Waals surface area (Å²) in [6, 6.07) is 19.2. The van der Waals surface area contributed by atoms with Gasteiger partial charge in [0.2, 0.25) is 5.82 Å². The molecule has 230 valence electrons. The van der Waals surface area contributed by atoms with Crippen molar-refractivity contribution in [3.05, 3.63) is 84.7 Å². The number of aromatic nitrogens is 9. The number of anilines is 2. The number of alkyl halides is 2. The molecule has 0 spiro atoms. The van der Waals surface area contributed by atoms with Crippen molar-refractivity contribution >= 4 is 22.8 Å². The van der Waals surface area contributed by atoms with Crippen LogP contribution in [0.1, 0.15) is 30.8 Å². The summed E-state index contributed by atoms with van der Waals surface area (Å²) in [6.07, 6.45) is 6.07. The second kappa shape index (κ2) is 12.3. The van der Waals surface area contributed by atoms with Gasteiger partial charge in [-0.3, -0.25) is 9.47 Å². The molecule has 7 rings (SSSR count). The predicted octanol–water partition coefficient (Wildman–Crippen LogP) is 4.46. The number of piperidine rings is 1. The van der Waals surface area contributed by atoms with E-state index in [2.05, 4.69) is 47.4 Å². The number of benzene rings is 1. The molecule has 46 heavy (non-hydrogen) atoms. The molecular formula is C31H27F2N13. The maximum Gasteiger partial charge on any atom is 0.334 e. The minimum atomic E-state index is -2.81. The summed E-state index contributed by atoms with van der Waals surface area (Å²) in [5, 5.41) is 16.4. The first-order valence-corrected chi connectivity index (χ1v) is 14.6. The van der Waals surface area contributed by atoms with E-state index in [0.717, 1.165) is 50.1 Å². The zero-order chi connectivity index (χ0) is 31.6. The highest BCUT2D eigenvalue weighted by molar-refractivity contribution is 5.84. The highest BCUT2D eigenvalue weighted by atomic mass is 19.3. The Morgan fingerprint density at radius 3 is 2.52 bits per heavy atom. The SMILES string of the molecule is N#Cc1nccc(NC2CCN(Cc3ccc(-n4c(-c5cccnc5N)nc5ccc(-c6ncn(C(F)F)n6)nc54)cc3)CC2)n1. The fourth-order valence-electron chi connectivity index (χ4n) is 5.55. The molecule has 1 aromatic carbocycles. The molecule has 1 fully saturated rings. The van der Waals surface area contributed by atoms with Gasteiger partial charge in [0, 0.05) is 43.8 Å². The average Bonchev–Trinajstić information content (AvgIpc) is 3.72. The number of likely N-dealkylation sites (tertiary alicyclic amines) is 1. The second-order valence-corrected chi connectivity index (χ2v) is 10.8. The van der Waals surface area contributed by atoms with Gasteiger partial charge in [-0.15, -0.1) is 5.10 Å². The van der Waals surface area contributed by atoms with E-state index in [1.54, 1.807) is 36.7 Å². The van der Waals surface area contributed by atoms with E-state index in [4.69, 9.17) is 21.0 Å². The number of fused-ring (bicyclic) bond motifs is 1. The van der Waals surface area contributed by atoms with Crippen LogP contribution in [0.3, 0.4) is 0 Å². The van der Waals surface area contributed by atoms with Gasteiger partial charge in [0.1, 0.15) is 35.2 Å². The maximum atomic E-state index is 13.2. The minimum absolute atomic E-state index is 0.0793. The topological polar surface area (TPSA) is 165 Å². The van der Waals surface area contributed by atoms with Gasteiger partial charge in [0.05, 0.1) is 5.56 Å². The van der Waals surface area contributed by atoms with Crippen LogP contribution in [-0.2, 0) is 6.54 Å². The molecule has 0 aliphatic carbocycles. The monoisotopic (exact) mass is 619 g/mol. The molecule has 0 amide bonds. The van der Waals surface area contributed by atoms with E-state index in [9.17, 15) is 8.78 Å². The van der Waals surface area contributed by atoms with Crippen LogP contribution in [0.15, 0.2) is 73.3 Å². The fourth-order valence-corrected chi connectivity index (χ4v) is 5.55. The van der Waals surface area contributed by atoms with E-state index < -0.39 is 6.55 Å². The van der Waals surface area contributed by atoms with Gasteiger partial charge in [-0.1, -0.05) is 12.1 Å². The third kappa shape index (κ3) is 5.81.